The van der Waals surface area contributed by atoms with Gasteiger partial charge in [-0.15, -0.1) is 0 Å². The predicted octanol–water partition coefficient (Wildman–Crippen LogP) is 3.55. The van der Waals surface area contributed by atoms with Crippen molar-refractivity contribution < 1.29 is 9.67 Å². The van der Waals surface area contributed by atoms with Gasteiger partial charge in [-0.25, -0.2) is 0 Å². The van der Waals surface area contributed by atoms with Crippen LogP contribution in [0.1, 0.15) is 27.7 Å². The van der Waals surface area contributed by atoms with E-state index in [1.807, 2.05) is 74.5 Å². The Balaban J connectivity index is 2.76. The van der Waals surface area contributed by atoms with Gasteiger partial charge in [-0.05, 0) is 27.7 Å². The molecule has 0 unspecified atom stereocenters. The van der Waals surface area contributed by atoms with Crippen LogP contribution in [0.25, 0.3) is 0 Å². The van der Waals surface area contributed by atoms with E-state index in [9.17, 15) is 9.67 Å². The van der Waals surface area contributed by atoms with Crippen molar-refractivity contribution in [3.05, 3.63) is 60.7 Å². The van der Waals surface area contributed by atoms with E-state index < -0.39 is 17.9 Å². The fourth-order valence-corrected chi connectivity index (χ4v) is 6.00. The second-order valence-electron chi connectivity index (χ2n) is 6.40. The Labute approximate surface area is 127 Å². The van der Waals surface area contributed by atoms with E-state index in [0.717, 1.165) is 10.6 Å². The molecule has 2 aromatic rings. The molecule has 112 valence electrons. The van der Waals surface area contributed by atoms with Crippen LogP contribution in [0.4, 0.5) is 0 Å². The molecule has 0 heterocycles. The Bertz CT molecular complexity index is 596. The van der Waals surface area contributed by atoms with E-state index in [4.69, 9.17) is 0 Å². The van der Waals surface area contributed by atoms with E-state index in [1.165, 1.54) is 0 Å². The molecule has 0 aliphatic carbocycles. The molecule has 0 aromatic heterocycles. The Morgan fingerprint density at radius 2 is 1.10 bits per heavy atom. The average molecular weight is 302 g/mol. The Kier molecular flexibility index (Phi) is 4.15. The zero-order valence-corrected chi connectivity index (χ0v) is 14.0. The molecular formula is C18H23O2P. The van der Waals surface area contributed by atoms with Crippen LogP contribution in [-0.2, 0) is 4.57 Å². The van der Waals surface area contributed by atoms with Gasteiger partial charge in [0.1, 0.15) is 0 Å². The molecule has 0 amide bonds. The second-order valence-corrected chi connectivity index (χ2v) is 9.77. The zero-order valence-electron chi connectivity index (χ0n) is 13.1. The lowest BCUT2D eigenvalue weighted by Gasteiger charge is -2.43. The maximum atomic E-state index is 14.1. The van der Waals surface area contributed by atoms with Gasteiger partial charge >= 0.3 is 0 Å². The summed E-state index contributed by atoms with van der Waals surface area (Å²) >= 11 is 0. The van der Waals surface area contributed by atoms with Gasteiger partial charge in [-0.1, -0.05) is 60.7 Å². The maximum absolute atomic E-state index is 14.1. The third-order valence-corrected chi connectivity index (χ3v) is 8.70. The summed E-state index contributed by atoms with van der Waals surface area (Å²) in [6, 6.07) is 19.0. The van der Waals surface area contributed by atoms with Crippen molar-refractivity contribution in [2.45, 2.75) is 38.5 Å². The largest absolute Gasteiger partial charge is 0.389 e. The highest BCUT2D eigenvalue weighted by atomic mass is 31.2. The summed E-state index contributed by atoms with van der Waals surface area (Å²) in [5.41, 5.74) is -1.08. The molecule has 3 heteroatoms. The summed E-state index contributed by atoms with van der Waals surface area (Å²) in [4.78, 5) is 0. The Morgan fingerprint density at radius 3 is 1.38 bits per heavy atom. The molecule has 0 bridgehead atoms. The fourth-order valence-electron chi connectivity index (χ4n) is 2.46. The molecule has 0 atom stereocenters. The minimum Gasteiger partial charge on any atom is -0.389 e. The first-order valence-corrected chi connectivity index (χ1v) is 8.86. The van der Waals surface area contributed by atoms with Crippen LogP contribution in [0.2, 0.25) is 0 Å². The van der Waals surface area contributed by atoms with Gasteiger partial charge in [0.05, 0.1) is 10.8 Å². The lowest BCUT2D eigenvalue weighted by Crippen LogP contribution is -2.49. The Hall–Kier alpha value is -1.37. The van der Waals surface area contributed by atoms with Crippen LogP contribution < -0.4 is 10.6 Å². The monoisotopic (exact) mass is 302 g/mol. The van der Waals surface area contributed by atoms with E-state index in [1.54, 1.807) is 13.8 Å². The fraction of sp³-hybridized carbons (Fsp3) is 0.333. The van der Waals surface area contributed by atoms with E-state index in [0.29, 0.717) is 0 Å². The number of benzene rings is 2. The summed E-state index contributed by atoms with van der Waals surface area (Å²) < 4.78 is 14.1. The molecule has 2 nitrogen and oxygen atoms in total. The number of hydrogen-bond acceptors (Lipinski definition) is 2. The molecule has 0 aliphatic heterocycles. The normalized spacial score (nSPS) is 13.2. The number of hydrogen-bond donors (Lipinski definition) is 1. The summed E-state index contributed by atoms with van der Waals surface area (Å²) in [5.74, 6) is 0. The molecular weight excluding hydrogens is 279 g/mol. The van der Waals surface area contributed by atoms with Crippen molar-refractivity contribution in [1.29, 1.82) is 0 Å². The highest BCUT2D eigenvalue weighted by Gasteiger charge is 2.51. The number of aliphatic hydroxyl groups is 1. The molecule has 0 fully saturated rings. The van der Waals surface area contributed by atoms with Gasteiger partial charge in [-0.3, -0.25) is 0 Å². The van der Waals surface area contributed by atoms with Crippen LogP contribution >= 0.6 is 7.14 Å². The lowest BCUT2D eigenvalue weighted by atomic mass is 9.94. The zero-order chi connectivity index (χ0) is 15.7. The molecule has 0 saturated carbocycles. The standard InChI is InChI=1S/C18H23O2P/c1-17(2,19)18(3,4)21(20,15-11-7-5-8-12-15)16-13-9-6-10-14-16/h5-14,19H,1-4H3. The molecule has 2 aromatic carbocycles. The van der Waals surface area contributed by atoms with Crippen molar-refractivity contribution in [3.63, 3.8) is 0 Å². The summed E-state index contributed by atoms with van der Waals surface area (Å²) in [6.45, 7) is 7.22. The van der Waals surface area contributed by atoms with E-state index in [-0.39, 0.29) is 0 Å². The van der Waals surface area contributed by atoms with Crippen LogP contribution in [0.5, 0.6) is 0 Å². The van der Waals surface area contributed by atoms with Crippen LogP contribution in [-0.4, -0.2) is 15.9 Å². The molecule has 1 N–H and O–H groups in total. The molecule has 2 rings (SSSR count). The second kappa shape index (κ2) is 5.44. The molecule has 21 heavy (non-hydrogen) atoms. The van der Waals surface area contributed by atoms with E-state index in [2.05, 4.69) is 0 Å². The van der Waals surface area contributed by atoms with Gasteiger partial charge in [0.15, 0.2) is 7.14 Å². The van der Waals surface area contributed by atoms with Crippen LogP contribution in [0.3, 0.4) is 0 Å². The summed E-state index contributed by atoms with van der Waals surface area (Å²) in [6.07, 6.45) is 0. The maximum Gasteiger partial charge on any atom is 0.151 e. The van der Waals surface area contributed by atoms with Gasteiger partial charge in [0, 0.05) is 10.6 Å². The van der Waals surface area contributed by atoms with Crippen molar-refractivity contribution in [3.8, 4) is 0 Å². The molecule has 0 aliphatic rings. The minimum absolute atomic E-state index is 0.781. The third-order valence-electron chi connectivity index (χ3n) is 4.52. The predicted molar refractivity (Wildman–Crippen MR) is 90.1 cm³/mol. The topological polar surface area (TPSA) is 37.3 Å². The molecule has 0 radical (unpaired) electrons. The minimum atomic E-state index is -3.00. The highest BCUT2D eigenvalue weighted by molar-refractivity contribution is 7.80. The Morgan fingerprint density at radius 1 is 0.762 bits per heavy atom. The molecule has 0 saturated heterocycles. The van der Waals surface area contributed by atoms with Crippen molar-refractivity contribution in [2.24, 2.45) is 0 Å². The number of rotatable bonds is 4. The van der Waals surface area contributed by atoms with Crippen LogP contribution in [0.15, 0.2) is 60.7 Å². The first-order valence-electron chi connectivity index (χ1n) is 7.15. The first kappa shape index (κ1) is 16.0. The lowest BCUT2D eigenvalue weighted by molar-refractivity contribution is 0.0454. The molecule has 0 spiro atoms. The highest BCUT2D eigenvalue weighted by Crippen LogP contribution is 2.59. The van der Waals surface area contributed by atoms with Gasteiger partial charge < -0.3 is 9.67 Å². The quantitative estimate of drug-likeness (QED) is 0.877. The van der Waals surface area contributed by atoms with E-state index >= 15 is 0 Å². The average Bonchev–Trinajstić information content (AvgIpc) is 2.47. The van der Waals surface area contributed by atoms with Crippen LogP contribution in [0, 0.1) is 0 Å². The van der Waals surface area contributed by atoms with Gasteiger partial charge in [0.2, 0.25) is 0 Å². The third kappa shape index (κ3) is 2.59. The van der Waals surface area contributed by atoms with Crippen molar-refractivity contribution in [2.75, 3.05) is 0 Å². The van der Waals surface area contributed by atoms with Gasteiger partial charge in [-0.2, -0.15) is 0 Å². The van der Waals surface area contributed by atoms with Crippen molar-refractivity contribution in [1.82, 2.24) is 0 Å². The SMILES string of the molecule is CC(C)(O)C(C)(C)P(=O)(c1ccccc1)c1ccccc1. The first-order chi connectivity index (χ1) is 9.71. The van der Waals surface area contributed by atoms with Crippen molar-refractivity contribution >= 4 is 17.8 Å². The van der Waals surface area contributed by atoms with Gasteiger partial charge in [0.25, 0.3) is 0 Å². The smallest absolute Gasteiger partial charge is 0.151 e. The summed E-state index contributed by atoms with van der Waals surface area (Å²) in [5, 5.41) is 11.4. The summed E-state index contributed by atoms with van der Waals surface area (Å²) in [7, 11) is -3.00.